The zero-order valence-corrected chi connectivity index (χ0v) is 9.76. The fraction of sp³-hybridized carbons (Fsp3) is 1.00. The van der Waals surface area contributed by atoms with Crippen LogP contribution in [0, 0.1) is 10.8 Å². The van der Waals surface area contributed by atoms with Crippen molar-refractivity contribution in [2.45, 2.75) is 60.2 Å². The van der Waals surface area contributed by atoms with Gasteiger partial charge in [-0.05, 0) is 10.8 Å². The van der Waals surface area contributed by atoms with Gasteiger partial charge in [-0.3, -0.25) is 0 Å². The molecule has 82 valence electrons. The van der Waals surface area contributed by atoms with Crippen LogP contribution in [0.15, 0.2) is 0 Å². The molecular weight excluding hydrogens is 203 g/mol. The fourth-order valence-electron chi connectivity index (χ4n) is 0.919. The van der Waals surface area contributed by atoms with Crippen LogP contribution < -0.4 is 0 Å². The zero-order valence-electron chi connectivity index (χ0n) is 9.76. The zero-order chi connectivity index (χ0) is 10.9. The third-order valence-electron chi connectivity index (χ3n) is 2.45. The molecule has 0 bridgehead atoms. The summed E-state index contributed by atoms with van der Waals surface area (Å²) in [6.45, 7) is 11.9. The van der Waals surface area contributed by atoms with Crippen molar-refractivity contribution in [2.75, 3.05) is 0 Å². The molecule has 0 aromatic rings. The number of rotatable bonds is 2. The average Bonchev–Trinajstić information content (AvgIpc) is 1.82. The Kier molecular flexibility index (Phi) is 8.11. The summed E-state index contributed by atoms with van der Waals surface area (Å²) in [5.41, 5.74) is -0.293. The maximum absolute atomic E-state index is 9.76. The van der Waals surface area contributed by atoms with Gasteiger partial charge in [-0.1, -0.05) is 41.5 Å². The fourth-order valence-corrected chi connectivity index (χ4v) is 0.919. The van der Waals surface area contributed by atoms with Crippen LogP contribution in [-0.4, -0.2) is 73.8 Å². The Labute approximate surface area is 131 Å². The molecule has 0 radical (unpaired) electrons. The molecule has 0 aliphatic rings. The standard InChI is InChI=1S/C11H24O2.K.H/c1-10(2,3)8(12)7-9(13)11(4,5)6;;/h8-9,12-13H,7H2,1-6H3;;. The summed E-state index contributed by atoms with van der Waals surface area (Å²) in [4.78, 5) is 0. The second-order valence-corrected chi connectivity index (χ2v) is 6.00. The van der Waals surface area contributed by atoms with Gasteiger partial charge >= 0.3 is 51.4 Å². The van der Waals surface area contributed by atoms with Gasteiger partial charge in [0.05, 0.1) is 12.2 Å². The number of hydrogen-bond donors (Lipinski definition) is 2. The first-order chi connectivity index (χ1) is 5.55. The van der Waals surface area contributed by atoms with Gasteiger partial charge in [-0.15, -0.1) is 0 Å². The van der Waals surface area contributed by atoms with Crippen molar-refractivity contribution < 1.29 is 10.2 Å². The van der Waals surface area contributed by atoms with E-state index in [0.29, 0.717) is 6.42 Å². The van der Waals surface area contributed by atoms with E-state index in [-0.39, 0.29) is 62.2 Å². The molecule has 0 aliphatic heterocycles. The van der Waals surface area contributed by atoms with Gasteiger partial charge in [-0.25, -0.2) is 0 Å². The average molecular weight is 228 g/mol. The van der Waals surface area contributed by atoms with Crippen molar-refractivity contribution in [3.63, 3.8) is 0 Å². The van der Waals surface area contributed by atoms with Gasteiger partial charge in [-0.2, -0.15) is 0 Å². The van der Waals surface area contributed by atoms with Crippen molar-refractivity contribution in [1.82, 2.24) is 0 Å². The van der Waals surface area contributed by atoms with Crippen LogP contribution in [0.25, 0.3) is 0 Å². The van der Waals surface area contributed by atoms with Crippen molar-refractivity contribution in [1.29, 1.82) is 0 Å². The number of aliphatic hydroxyl groups is 2. The molecule has 0 fully saturated rings. The number of aliphatic hydroxyl groups excluding tert-OH is 2. The van der Waals surface area contributed by atoms with E-state index in [0.717, 1.165) is 0 Å². The molecule has 14 heavy (non-hydrogen) atoms. The number of hydrogen-bond acceptors (Lipinski definition) is 2. The van der Waals surface area contributed by atoms with Crippen LogP contribution in [0.1, 0.15) is 48.0 Å². The van der Waals surface area contributed by atoms with Crippen molar-refractivity contribution in [2.24, 2.45) is 10.8 Å². The van der Waals surface area contributed by atoms with E-state index in [1.54, 1.807) is 0 Å². The SMILES string of the molecule is CC(C)(C)C(O)CC(O)C(C)(C)C.[KH]. The van der Waals surface area contributed by atoms with E-state index in [9.17, 15) is 10.2 Å². The molecule has 2 unspecified atom stereocenters. The van der Waals surface area contributed by atoms with Crippen LogP contribution in [0.4, 0.5) is 0 Å². The Bertz CT molecular complexity index is 138. The second kappa shape index (κ2) is 6.33. The molecule has 0 aromatic heterocycles. The predicted molar refractivity (Wildman–Crippen MR) is 62.7 cm³/mol. The summed E-state index contributed by atoms with van der Waals surface area (Å²) in [5, 5.41) is 19.5. The molecule has 0 amide bonds. The molecule has 0 aromatic carbocycles. The quantitative estimate of drug-likeness (QED) is 0.704. The summed E-state index contributed by atoms with van der Waals surface area (Å²) < 4.78 is 0. The monoisotopic (exact) mass is 228 g/mol. The summed E-state index contributed by atoms with van der Waals surface area (Å²) in [5.74, 6) is 0. The van der Waals surface area contributed by atoms with Gasteiger partial charge in [0, 0.05) is 6.42 Å². The van der Waals surface area contributed by atoms with E-state index in [2.05, 4.69) is 0 Å². The van der Waals surface area contributed by atoms with Crippen molar-refractivity contribution in [3.05, 3.63) is 0 Å². The second-order valence-electron chi connectivity index (χ2n) is 6.00. The summed E-state index contributed by atoms with van der Waals surface area (Å²) in [6.07, 6.45) is -0.434. The van der Waals surface area contributed by atoms with E-state index in [1.807, 2.05) is 41.5 Å². The van der Waals surface area contributed by atoms with E-state index in [1.165, 1.54) is 0 Å². The van der Waals surface area contributed by atoms with E-state index in [4.69, 9.17) is 0 Å². The van der Waals surface area contributed by atoms with Gasteiger partial charge in [0.25, 0.3) is 0 Å². The summed E-state index contributed by atoms with van der Waals surface area (Å²) in [7, 11) is 0. The topological polar surface area (TPSA) is 40.5 Å². The van der Waals surface area contributed by atoms with Gasteiger partial charge in [0.15, 0.2) is 0 Å². The minimum absolute atomic E-state index is 0. The molecule has 2 nitrogen and oxygen atoms in total. The van der Waals surface area contributed by atoms with Gasteiger partial charge in [0.2, 0.25) is 0 Å². The first-order valence-electron chi connectivity index (χ1n) is 4.91. The van der Waals surface area contributed by atoms with Crippen molar-refractivity contribution in [3.8, 4) is 0 Å². The minimum atomic E-state index is -0.443. The van der Waals surface area contributed by atoms with Crippen LogP contribution in [0.2, 0.25) is 0 Å². The van der Waals surface area contributed by atoms with Crippen LogP contribution in [0.3, 0.4) is 0 Å². The van der Waals surface area contributed by atoms with Crippen molar-refractivity contribution >= 4 is 51.4 Å². The first kappa shape index (κ1) is 17.9. The molecule has 3 heteroatoms. The molecule has 0 rings (SSSR count). The Hall–Kier alpha value is 1.56. The van der Waals surface area contributed by atoms with Gasteiger partial charge < -0.3 is 10.2 Å². The third kappa shape index (κ3) is 6.93. The Morgan fingerprint density at radius 3 is 1.14 bits per heavy atom. The first-order valence-corrected chi connectivity index (χ1v) is 4.91. The molecular formula is C11H25KO2. The molecule has 2 atom stereocenters. The van der Waals surface area contributed by atoms with Crippen LogP contribution >= 0.6 is 0 Å². The van der Waals surface area contributed by atoms with E-state index >= 15 is 0 Å². The molecule has 0 aliphatic carbocycles. The van der Waals surface area contributed by atoms with Crippen LogP contribution in [0.5, 0.6) is 0 Å². The third-order valence-corrected chi connectivity index (χ3v) is 2.45. The molecule has 0 heterocycles. The molecule has 0 saturated carbocycles. The summed E-state index contributed by atoms with van der Waals surface area (Å²) >= 11 is 0. The molecule has 0 spiro atoms. The Balaban J connectivity index is 0. The van der Waals surface area contributed by atoms with E-state index < -0.39 is 12.2 Å². The van der Waals surface area contributed by atoms with Gasteiger partial charge in [0.1, 0.15) is 0 Å². The normalized spacial score (nSPS) is 17.1. The van der Waals surface area contributed by atoms with Crippen LogP contribution in [-0.2, 0) is 0 Å². The Morgan fingerprint density at radius 2 is 1.00 bits per heavy atom. The molecule has 0 saturated heterocycles. The Morgan fingerprint density at radius 1 is 0.786 bits per heavy atom. The summed E-state index contributed by atoms with van der Waals surface area (Å²) in [6, 6.07) is 0. The predicted octanol–water partition coefficient (Wildman–Crippen LogP) is 1.54. The maximum atomic E-state index is 9.76. The molecule has 2 N–H and O–H groups in total.